The lowest BCUT2D eigenvalue weighted by Gasteiger charge is -2.09. The summed E-state index contributed by atoms with van der Waals surface area (Å²) < 4.78 is 6.86. The van der Waals surface area contributed by atoms with E-state index in [0.29, 0.717) is 6.61 Å². The summed E-state index contributed by atoms with van der Waals surface area (Å²) >= 11 is 3.46. The number of hydrogen-bond acceptors (Lipinski definition) is 1. The van der Waals surface area contributed by atoms with Gasteiger partial charge in [0.15, 0.2) is 0 Å². The van der Waals surface area contributed by atoms with Crippen molar-refractivity contribution < 1.29 is 4.74 Å². The highest BCUT2D eigenvalue weighted by Crippen LogP contribution is 2.18. The van der Waals surface area contributed by atoms with Gasteiger partial charge in [-0.05, 0) is 49.2 Å². The number of aryl methyl sites for hydroxylation is 2. The van der Waals surface area contributed by atoms with Crippen LogP contribution in [0.2, 0.25) is 0 Å². The fraction of sp³-hybridized carbons (Fsp3) is 0.200. The Bertz CT molecular complexity index is 503. The molecule has 2 aromatic carbocycles. The summed E-state index contributed by atoms with van der Waals surface area (Å²) in [4.78, 5) is 0. The molecule has 0 bridgehead atoms. The lowest BCUT2D eigenvalue weighted by Crippen LogP contribution is -1.97. The molecule has 0 unspecified atom stereocenters. The number of ether oxygens (including phenoxy) is 1. The van der Waals surface area contributed by atoms with E-state index in [-0.39, 0.29) is 0 Å². The Kier molecular flexibility index (Phi) is 3.85. The monoisotopic (exact) mass is 290 g/mol. The first kappa shape index (κ1) is 12.2. The zero-order chi connectivity index (χ0) is 12.3. The molecule has 0 spiro atoms. The first-order chi connectivity index (χ1) is 8.15. The van der Waals surface area contributed by atoms with Crippen LogP contribution in [0.15, 0.2) is 46.9 Å². The van der Waals surface area contributed by atoms with E-state index >= 15 is 0 Å². The summed E-state index contributed by atoms with van der Waals surface area (Å²) in [7, 11) is 0. The van der Waals surface area contributed by atoms with E-state index in [1.807, 2.05) is 18.2 Å². The molecule has 1 nitrogen and oxygen atoms in total. The third-order valence-corrected chi connectivity index (χ3v) is 3.21. The molecule has 2 heteroatoms. The van der Waals surface area contributed by atoms with Crippen LogP contribution in [-0.4, -0.2) is 0 Å². The first-order valence-electron chi connectivity index (χ1n) is 5.59. The van der Waals surface area contributed by atoms with Crippen molar-refractivity contribution in [1.29, 1.82) is 0 Å². The average Bonchev–Trinajstić information content (AvgIpc) is 2.30. The van der Waals surface area contributed by atoms with Gasteiger partial charge in [-0.2, -0.15) is 0 Å². The Morgan fingerprint density at radius 1 is 1.00 bits per heavy atom. The Morgan fingerprint density at radius 2 is 1.71 bits per heavy atom. The molecule has 0 atom stereocenters. The molecule has 0 heterocycles. The Labute approximate surface area is 111 Å². The Balaban J connectivity index is 2.04. The standard InChI is InChI=1S/C15H15BrO/c1-11-3-7-15(8-4-11)17-10-13-5-6-14(16)9-12(13)2/h3-9H,10H2,1-2H3. The van der Waals surface area contributed by atoms with Crippen molar-refractivity contribution >= 4 is 15.9 Å². The van der Waals surface area contributed by atoms with Gasteiger partial charge in [-0.1, -0.05) is 39.7 Å². The summed E-state index contributed by atoms with van der Waals surface area (Å²) in [5, 5.41) is 0. The molecule has 0 N–H and O–H groups in total. The molecule has 0 aliphatic heterocycles. The highest BCUT2D eigenvalue weighted by molar-refractivity contribution is 9.10. The maximum absolute atomic E-state index is 5.75. The molecule has 0 aromatic heterocycles. The van der Waals surface area contributed by atoms with E-state index in [1.165, 1.54) is 16.7 Å². The largest absolute Gasteiger partial charge is 0.489 e. The van der Waals surface area contributed by atoms with Crippen molar-refractivity contribution in [2.45, 2.75) is 20.5 Å². The molecule has 0 fully saturated rings. The van der Waals surface area contributed by atoms with Gasteiger partial charge in [0.2, 0.25) is 0 Å². The molecule has 0 amide bonds. The van der Waals surface area contributed by atoms with Crippen molar-refractivity contribution in [3.8, 4) is 5.75 Å². The quantitative estimate of drug-likeness (QED) is 0.800. The van der Waals surface area contributed by atoms with E-state index < -0.39 is 0 Å². The summed E-state index contributed by atoms with van der Waals surface area (Å²) in [6.07, 6.45) is 0. The topological polar surface area (TPSA) is 9.23 Å². The van der Waals surface area contributed by atoms with Gasteiger partial charge in [0.05, 0.1) is 0 Å². The minimum absolute atomic E-state index is 0.613. The van der Waals surface area contributed by atoms with Crippen LogP contribution in [0.3, 0.4) is 0 Å². The third kappa shape index (κ3) is 3.34. The molecule has 88 valence electrons. The second-order valence-corrected chi connectivity index (χ2v) is 5.09. The van der Waals surface area contributed by atoms with Gasteiger partial charge < -0.3 is 4.74 Å². The summed E-state index contributed by atoms with van der Waals surface area (Å²) in [5.74, 6) is 0.915. The van der Waals surface area contributed by atoms with E-state index in [1.54, 1.807) is 0 Å². The molecule has 0 saturated heterocycles. The van der Waals surface area contributed by atoms with Gasteiger partial charge in [-0.25, -0.2) is 0 Å². The SMILES string of the molecule is Cc1ccc(OCc2ccc(Br)cc2C)cc1. The Hall–Kier alpha value is -1.28. The lowest BCUT2D eigenvalue weighted by atomic mass is 10.1. The van der Waals surface area contributed by atoms with E-state index in [9.17, 15) is 0 Å². The molecule has 2 aromatic rings. The van der Waals surface area contributed by atoms with Crippen molar-refractivity contribution in [1.82, 2.24) is 0 Å². The normalized spacial score (nSPS) is 10.3. The smallest absolute Gasteiger partial charge is 0.119 e. The summed E-state index contributed by atoms with van der Waals surface area (Å²) in [6, 6.07) is 14.4. The van der Waals surface area contributed by atoms with Crippen LogP contribution in [-0.2, 0) is 6.61 Å². The molecular weight excluding hydrogens is 276 g/mol. The fourth-order valence-electron chi connectivity index (χ4n) is 1.62. The van der Waals surface area contributed by atoms with E-state index in [0.717, 1.165) is 10.2 Å². The van der Waals surface area contributed by atoms with E-state index in [4.69, 9.17) is 4.74 Å². The first-order valence-corrected chi connectivity index (χ1v) is 6.39. The van der Waals surface area contributed by atoms with Crippen LogP contribution >= 0.6 is 15.9 Å². The summed E-state index contributed by atoms with van der Waals surface area (Å²) in [6.45, 7) is 4.78. The second kappa shape index (κ2) is 5.37. The van der Waals surface area contributed by atoms with Gasteiger partial charge in [0, 0.05) is 4.47 Å². The Morgan fingerprint density at radius 3 is 2.35 bits per heavy atom. The van der Waals surface area contributed by atoms with Crippen LogP contribution in [0.5, 0.6) is 5.75 Å². The van der Waals surface area contributed by atoms with Crippen LogP contribution < -0.4 is 4.74 Å². The second-order valence-electron chi connectivity index (χ2n) is 4.17. The van der Waals surface area contributed by atoms with Crippen LogP contribution in [0, 0.1) is 13.8 Å². The number of benzene rings is 2. The zero-order valence-corrected chi connectivity index (χ0v) is 11.6. The molecule has 2 rings (SSSR count). The molecule has 0 saturated carbocycles. The van der Waals surface area contributed by atoms with Gasteiger partial charge in [-0.3, -0.25) is 0 Å². The predicted molar refractivity (Wildman–Crippen MR) is 74.4 cm³/mol. The number of hydrogen-bond donors (Lipinski definition) is 0. The average molecular weight is 291 g/mol. The lowest BCUT2D eigenvalue weighted by molar-refractivity contribution is 0.305. The van der Waals surface area contributed by atoms with Gasteiger partial charge in [-0.15, -0.1) is 0 Å². The molecule has 17 heavy (non-hydrogen) atoms. The minimum Gasteiger partial charge on any atom is -0.489 e. The number of halogens is 1. The van der Waals surface area contributed by atoms with Gasteiger partial charge in [0.1, 0.15) is 12.4 Å². The van der Waals surface area contributed by atoms with Crippen molar-refractivity contribution in [3.63, 3.8) is 0 Å². The van der Waals surface area contributed by atoms with E-state index in [2.05, 4.69) is 54.0 Å². The summed E-state index contributed by atoms with van der Waals surface area (Å²) in [5.41, 5.74) is 3.71. The molecular formula is C15H15BrO. The zero-order valence-electron chi connectivity index (χ0n) is 10.0. The van der Waals surface area contributed by atoms with Crippen LogP contribution in [0.1, 0.15) is 16.7 Å². The van der Waals surface area contributed by atoms with Crippen molar-refractivity contribution in [3.05, 3.63) is 63.6 Å². The highest BCUT2D eigenvalue weighted by atomic mass is 79.9. The van der Waals surface area contributed by atoms with Crippen LogP contribution in [0.4, 0.5) is 0 Å². The minimum atomic E-state index is 0.613. The molecule has 0 aliphatic carbocycles. The van der Waals surface area contributed by atoms with Gasteiger partial charge >= 0.3 is 0 Å². The molecule has 0 aliphatic rings. The highest BCUT2D eigenvalue weighted by Gasteiger charge is 2.00. The maximum Gasteiger partial charge on any atom is 0.119 e. The van der Waals surface area contributed by atoms with Crippen molar-refractivity contribution in [2.75, 3.05) is 0 Å². The van der Waals surface area contributed by atoms with Crippen molar-refractivity contribution in [2.24, 2.45) is 0 Å². The predicted octanol–water partition coefficient (Wildman–Crippen LogP) is 4.64. The van der Waals surface area contributed by atoms with Gasteiger partial charge in [0.25, 0.3) is 0 Å². The van der Waals surface area contributed by atoms with Crippen LogP contribution in [0.25, 0.3) is 0 Å². The third-order valence-electron chi connectivity index (χ3n) is 2.72. The fourth-order valence-corrected chi connectivity index (χ4v) is 2.09. The number of rotatable bonds is 3. The maximum atomic E-state index is 5.75. The molecule has 0 radical (unpaired) electrons.